The number of carbonyl (C=O) groups excluding carboxylic acids is 1. The van der Waals surface area contributed by atoms with Gasteiger partial charge < -0.3 is 10.6 Å². The van der Waals surface area contributed by atoms with Crippen molar-refractivity contribution in [1.82, 2.24) is 0 Å². The van der Waals surface area contributed by atoms with E-state index in [1.807, 2.05) is 0 Å². The van der Waals surface area contributed by atoms with Gasteiger partial charge in [0.1, 0.15) is 17.7 Å². The Morgan fingerprint density at radius 2 is 1.95 bits per heavy atom. The van der Waals surface area contributed by atoms with Crippen LogP contribution in [-0.4, -0.2) is 5.91 Å². The minimum absolute atomic E-state index is 0.216. The molecule has 1 unspecified atom stereocenters. The van der Waals surface area contributed by atoms with Crippen LogP contribution in [0.4, 0.5) is 20.2 Å². The Morgan fingerprint density at radius 1 is 1.15 bits per heavy atom. The summed E-state index contributed by atoms with van der Waals surface area (Å²) in [6.45, 7) is 1.78. The molecule has 0 saturated carbocycles. The van der Waals surface area contributed by atoms with Gasteiger partial charge in [-0.2, -0.15) is 0 Å². The molecular weight excluding hydrogens is 262 g/mol. The maximum Gasteiger partial charge on any atom is 0.251 e. The molecule has 2 N–H and O–H groups in total. The van der Waals surface area contributed by atoms with E-state index in [-0.39, 0.29) is 11.6 Å². The maximum atomic E-state index is 13.8. The van der Waals surface area contributed by atoms with Gasteiger partial charge in [-0.15, -0.1) is 0 Å². The first-order valence-electron chi connectivity index (χ1n) is 6.17. The first-order valence-corrected chi connectivity index (χ1v) is 6.17. The summed E-state index contributed by atoms with van der Waals surface area (Å²) in [6, 6.07) is 7.93. The van der Waals surface area contributed by atoms with Crippen LogP contribution in [0.25, 0.3) is 0 Å². The summed E-state index contributed by atoms with van der Waals surface area (Å²) in [7, 11) is 0. The number of aryl methyl sites for hydroxylation is 1. The molecule has 3 rings (SSSR count). The van der Waals surface area contributed by atoms with E-state index in [1.165, 1.54) is 24.3 Å². The molecule has 2 aromatic carbocycles. The van der Waals surface area contributed by atoms with Crippen LogP contribution in [-0.2, 0) is 4.79 Å². The summed E-state index contributed by atoms with van der Waals surface area (Å²) in [5.41, 5.74) is 2.03. The van der Waals surface area contributed by atoms with Crippen LogP contribution in [0.5, 0.6) is 0 Å². The molecule has 1 atom stereocenters. The molecule has 0 fully saturated rings. The van der Waals surface area contributed by atoms with Gasteiger partial charge in [-0.3, -0.25) is 4.79 Å². The zero-order valence-electron chi connectivity index (χ0n) is 10.7. The van der Waals surface area contributed by atoms with Crippen LogP contribution in [0.15, 0.2) is 36.4 Å². The summed E-state index contributed by atoms with van der Waals surface area (Å²) < 4.78 is 27.1. The molecule has 1 amide bonds. The molecule has 0 spiro atoms. The van der Waals surface area contributed by atoms with Crippen molar-refractivity contribution in [3.63, 3.8) is 0 Å². The second-order valence-electron chi connectivity index (χ2n) is 4.78. The van der Waals surface area contributed by atoms with E-state index in [0.29, 0.717) is 11.3 Å². The van der Waals surface area contributed by atoms with Crippen LogP contribution in [0, 0.1) is 18.6 Å². The van der Waals surface area contributed by atoms with Gasteiger partial charge in [0.15, 0.2) is 0 Å². The van der Waals surface area contributed by atoms with Gasteiger partial charge in [-0.25, -0.2) is 8.78 Å². The number of rotatable bonds is 2. The van der Waals surface area contributed by atoms with E-state index >= 15 is 0 Å². The first-order chi connectivity index (χ1) is 9.54. The summed E-state index contributed by atoms with van der Waals surface area (Å²) in [4.78, 5) is 11.9. The van der Waals surface area contributed by atoms with E-state index in [1.54, 1.807) is 19.1 Å². The number of fused-ring (bicyclic) bond motifs is 1. The predicted molar refractivity (Wildman–Crippen MR) is 72.5 cm³/mol. The highest BCUT2D eigenvalue weighted by atomic mass is 19.1. The zero-order valence-corrected chi connectivity index (χ0v) is 10.7. The molecular formula is C15H12F2N2O. The normalized spacial score (nSPS) is 16.8. The Hall–Kier alpha value is -2.43. The van der Waals surface area contributed by atoms with Gasteiger partial charge >= 0.3 is 0 Å². The summed E-state index contributed by atoms with van der Waals surface area (Å²) >= 11 is 0. The molecule has 1 aliphatic heterocycles. The fourth-order valence-electron chi connectivity index (χ4n) is 2.27. The number of hydrogen-bond donors (Lipinski definition) is 2. The van der Waals surface area contributed by atoms with Gasteiger partial charge in [0.05, 0.1) is 5.69 Å². The molecule has 0 radical (unpaired) electrons. The molecule has 0 aromatic heterocycles. The molecule has 0 aliphatic carbocycles. The van der Waals surface area contributed by atoms with Gasteiger partial charge in [0.2, 0.25) is 0 Å². The Labute approximate surface area is 114 Å². The highest BCUT2D eigenvalue weighted by Gasteiger charge is 2.31. The third-order valence-corrected chi connectivity index (χ3v) is 3.27. The lowest BCUT2D eigenvalue weighted by Crippen LogP contribution is -2.20. The highest BCUT2D eigenvalue weighted by molar-refractivity contribution is 6.04. The van der Waals surface area contributed by atoms with E-state index in [9.17, 15) is 13.6 Å². The van der Waals surface area contributed by atoms with Crippen molar-refractivity contribution in [3.8, 4) is 0 Å². The number of carbonyl (C=O) groups is 1. The number of hydrogen-bond acceptors (Lipinski definition) is 2. The second kappa shape index (κ2) is 4.59. The standard InChI is InChI=1S/C15H12F2N2O/c1-8-2-4-13(11(17)6-8)18-14-10-7-9(16)3-5-12(10)19-15(14)20/h2-7,14,18H,1H3,(H,19,20). The van der Waals surface area contributed by atoms with Crippen molar-refractivity contribution >= 4 is 17.3 Å². The minimum atomic E-state index is -0.794. The number of benzene rings is 2. The lowest BCUT2D eigenvalue weighted by Gasteiger charge is -2.14. The Kier molecular flexibility index (Phi) is 2.89. The fourth-order valence-corrected chi connectivity index (χ4v) is 2.27. The van der Waals surface area contributed by atoms with Crippen LogP contribution in [0.2, 0.25) is 0 Å². The summed E-state index contributed by atoms with van der Waals surface area (Å²) in [5, 5.41) is 5.45. The van der Waals surface area contributed by atoms with Crippen LogP contribution < -0.4 is 10.6 Å². The number of nitrogens with one attached hydrogen (secondary N) is 2. The van der Waals surface area contributed by atoms with Crippen molar-refractivity contribution < 1.29 is 13.6 Å². The smallest absolute Gasteiger partial charge is 0.251 e. The maximum absolute atomic E-state index is 13.8. The number of amides is 1. The lowest BCUT2D eigenvalue weighted by atomic mass is 10.1. The van der Waals surface area contributed by atoms with Gasteiger partial charge in [0.25, 0.3) is 5.91 Å². The van der Waals surface area contributed by atoms with E-state index < -0.39 is 17.7 Å². The Balaban J connectivity index is 1.95. The lowest BCUT2D eigenvalue weighted by molar-refractivity contribution is -0.116. The van der Waals surface area contributed by atoms with Gasteiger partial charge in [-0.05, 0) is 42.8 Å². The average Bonchev–Trinajstić information content (AvgIpc) is 2.69. The molecule has 20 heavy (non-hydrogen) atoms. The molecule has 1 heterocycles. The Bertz CT molecular complexity index is 700. The van der Waals surface area contributed by atoms with E-state index in [2.05, 4.69) is 10.6 Å². The first kappa shape index (κ1) is 12.6. The topological polar surface area (TPSA) is 41.1 Å². The monoisotopic (exact) mass is 274 g/mol. The molecule has 2 aromatic rings. The van der Waals surface area contributed by atoms with Gasteiger partial charge in [-0.1, -0.05) is 6.07 Å². The fraction of sp³-hybridized carbons (Fsp3) is 0.133. The van der Waals surface area contributed by atoms with E-state index in [4.69, 9.17) is 0 Å². The zero-order chi connectivity index (χ0) is 14.3. The largest absolute Gasteiger partial charge is 0.368 e. The SMILES string of the molecule is Cc1ccc(NC2C(=O)Nc3ccc(F)cc32)c(F)c1. The third-order valence-electron chi connectivity index (χ3n) is 3.27. The Morgan fingerprint density at radius 3 is 2.70 bits per heavy atom. The molecule has 1 aliphatic rings. The van der Waals surface area contributed by atoms with Crippen molar-refractivity contribution in [3.05, 3.63) is 59.2 Å². The third kappa shape index (κ3) is 2.11. The van der Waals surface area contributed by atoms with Crippen molar-refractivity contribution in [2.45, 2.75) is 13.0 Å². The second-order valence-corrected chi connectivity index (χ2v) is 4.78. The highest BCUT2D eigenvalue weighted by Crippen LogP contribution is 2.34. The molecule has 3 nitrogen and oxygen atoms in total. The van der Waals surface area contributed by atoms with Crippen molar-refractivity contribution in [2.75, 3.05) is 10.6 Å². The number of halogens is 2. The van der Waals surface area contributed by atoms with Gasteiger partial charge in [0, 0.05) is 11.3 Å². The summed E-state index contributed by atoms with van der Waals surface area (Å²) in [5.74, 6) is -1.20. The summed E-state index contributed by atoms with van der Waals surface area (Å²) in [6.07, 6.45) is 0. The van der Waals surface area contributed by atoms with Crippen LogP contribution >= 0.6 is 0 Å². The van der Waals surface area contributed by atoms with Crippen molar-refractivity contribution in [2.24, 2.45) is 0 Å². The van der Waals surface area contributed by atoms with Crippen LogP contribution in [0.1, 0.15) is 17.2 Å². The predicted octanol–water partition coefficient (Wildman–Crippen LogP) is 3.38. The number of anilines is 2. The average molecular weight is 274 g/mol. The quantitative estimate of drug-likeness (QED) is 0.881. The molecule has 102 valence electrons. The van der Waals surface area contributed by atoms with E-state index in [0.717, 1.165) is 5.56 Å². The molecule has 5 heteroatoms. The molecule has 0 bridgehead atoms. The van der Waals surface area contributed by atoms with Crippen LogP contribution in [0.3, 0.4) is 0 Å². The molecule has 0 saturated heterocycles. The minimum Gasteiger partial charge on any atom is -0.368 e. The van der Waals surface area contributed by atoms with Crippen molar-refractivity contribution in [1.29, 1.82) is 0 Å².